The van der Waals surface area contributed by atoms with E-state index >= 15 is 0 Å². The molecule has 1 fully saturated rings. The third-order valence-electron chi connectivity index (χ3n) is 3.11. The molecule has 0 N–H and O–H groups in total. The van der Waals surface area contributed by atoms with Crippen molar-refractivity contribution in [2.45, 2.75) is 38.3 Å². The Kier molecular flexibility index (Phi) is 4.16. The molecule has 1 saturated carbocycles. The van der Waals surface area contributed by atoms with Gasteiger partial charge in [-0.1, -0.05) is 0 Å². The standard InChI is InChI=1S/C12H16BrNOS/c1-14(7-12-5-9(13)8-16-12)10-3-2-4-11(15)6-10/h5,8,10H,2-4,6-7H2,1H3. The number of Topliss-reactive ketones (excluding diaryl/α,β-unsaturated/α-hetero) is 1. The van der Waals surface area contributed by atoms with E-state index in [0.717, 1.165) is 36.7 Å². The van der Waals surface area contributed by atoms with Gasteiger partial charge in [0.05, 0.1) is 0 Å². The van der Waals surface area contributed by atoms with E-state index in [0.29, 0.717) is 11.8 Å². The summed E-state index contributed by atoms with van der Waals surface area (Å²) in [7, 11) is 2.12. The molecule has 2 nitrogen and oxygen atoms in total. The molecule has 4 heteroatoms. The van der Waals surface area contributed by atoms with Crippen molar-refractivity contribution in [3.05, 3.63) is 20.8 Å². The summed E-state index contributed by atoms with van der Waals surface area (Å²) in [5.74, 6) is 0.426. The summed E-state index contributed by atoms with van der Waals surface area (Å²) < 4.78 is 1.15. The molecule has 1 atom stereocenters. The van der Waals surface area contributed by atoms with Crippen LogP contribution in [0, 0.1) is 0 Å². The van der Waals surface area contributed by atoms with E-state index in [9.17, 15) is 4.79 Å². The molecule has 0 spiro atoms. The van der Waals surface area contributed by atoms with Crippen LogP contribution >= 0.6 is 27.3 Å². The van der Waals surface area contributed by atoms with Gasteiger partial charge in [-0.25, -0.2) is 0 Å². The molecular weight excluding hydrogens is 286 g/mol. The number of ketones is 1. The van der Waals surface area contributed by atoms with Crippen molar-refractivity contribution in [1.29, 1.82) is 0 Å². The smallest absolute Gasteiger partial charge is 0.134 e. The monoisotopic (exact) mass is 301 g/mol. The fourth-order valence-electron chi connectivity index (χ4n) is 2.19. The van der Waals surface area contributed by atoms with Gasteiger partial charge in [-0.15, -0.1) is 11.3 Å². The Hall–Kier alpha value is -0.190. The minimum atomic E-state index is 0.426. The molecule has 88 valence electrons. The van der Waals surface area contributed by atoms with Crippen molar-refractivity contribution in [2.75, 3.05) is 7.05 Å². The van der Waals surface area contributed by atoms with Gasteiger partial charge in [-0.3, -0.25) is 9.69 Å². The van der Waals surface area contributed by atoms with E-state index in [-0.39, 0.29) is 0 Å². The SMILES string of the molecule is CN(Cc1cc(Br)cs1)C1CCCC(=O)C1. The maximum atomic E-state index is 11.4. The minimum absolute atomic E-state index is 0.426. The fourth-order valence-corrected chi connectivity index (χ4v) is 3.70. The highest BCUT2D eigenvalue weighted by Gasteiger charge is 2.23. The van der Waals surface area contributed by atoms with Crippen LogP contribution < -0.4 is 0 Å². The van der Waals surface area contributed by atoms with Crippen molar-refractivity contribution in [1.82, 2.24) is 4.90 Å². The van der Waals surface area contributed by atoms with Gasteiger partial charge in [-0.2, -0.15) is 0 Å². The van der Waals surface area contributed by atoms with Gasteiger partial charge >= 0.3 is 0 Å². The largest absolute Gasteiger partial charge is 0.300 e. The second-order valence-corrected chi connectivity index (χ2v) is 6.35. The van der Waals surface area contributed by atoms with E-state index < -0.39 is 0 Å². The Morgan fingerprint density at radius 3 is 3.06 bits per heavy atom. The first-order chi connectivity index (χ1) is 7.65. The zero-order valence-electron chi connectivity index (χ0n) is 9.41. The lowest BCUT2D eigenvalue weighted by Crippen LogP contribution is -2.35. The van der Waals surface area contributed by atoms with Crippen LogP contribution in [-0.2, 0) is 11.3 Å². The maximum Gasteiger partial charge on any atom is 0.134 e. The van der Waals surface area contributed by atoms with Crippen LogP contribution in [0.15, 0.2) is 15.9 Å². The third-order valence-corrected chi connectivity index (χ3v) is 4.79. The van der Waals surface area contributed by atoms with Crippen molar-refractivity contribution in [3.8, 4) is 0 Å². The number of halogens is 1. The zero-order chi connectivity index (χ0) is 11.5. The fraction of sp³-hybridized carbons (Fsp3) is 0.583. The molecule has 0 aromatic carbocycles. The van der Waals surface area contributed by atoms with E-state index in [4.69, 9.17) is 0 Å². The number of nitrogens with zero attached hydrogens (tertiary/aromatic N) is 1. The van der Waals surface area contributed by atoms with Gasteiger partial charge < -0.3 is 0 Å². The number of hydrogen-bond donors (Lipinski definition) is 0. The third kappa shape index (κ3) is 3.15. The minimum Gasteiger partial charge on any atom is -0.300 e. The molecule has 0 saturated heterocycles. The van der Waals surface area contributed by atoms with Gasteiger partial charge in [0.2, 0.25) is 0 Å². The number of rotatable bonds is 3. The lowest BCUT2D eigenvalue weighted by atomic mass is 9.93. The predicted molar refractivity (Wildman–Crippen MR) is 70.7 cm³/mol. The van der Waals surface area contributed by atoms with Gasteiger partial charge in [-0.05, 0) is 41.9 Å². The van der Waals surface area contributed by atoms with E-state index in [1.165, 1.54) is 4.88 Å². The molecule has 16 heavy (non-hydrogen) atoms. The van der Waals surface area contributed by atoms with Crippen molar-refractivity contribution < 1.29 is 4.79 Å². The summed E-state index contributed by atoms with van der Waals surface area (Å²) in [5, 5.41) is 2.11. The molecular formula is C12H16BrNOS. The molecule has 0 bridgehead atoms. The molecule has 0 amide bonds. The molecule has 0 aliphatic heterocycles. The lowest BCUT2D eigenvalue weighted by Gasteiger charge is -2.30. The number of carbonyl (C=O) groups excluding carboxylic acids is 1. The van der Waals surface area contributed by atoms with Gasteiger partial charge in [0.1, 0.15) is 5.78 Å². The number of thiophene rings is 1. The van der Waals surface area contributed by atoms with E-state index in [1.807, 2.05) is 0 Å². The van der Waals surface area contributed by atoms with Crippen LogP contribution in [0.2, 0.25) is 0 Å². The molecule has 1 aromatic heterocycles. The van der Waals surface area contributed by atoms with Crippen molar-refractivity contribution in [3.63, 3.8) is 0 Å². The predicted octanol–water partition coefficient (Wildman–Crippen LogP) is 3.45. The molecule has 2 rings (SSSR count). The molecule has 1 aliphatic carbocycles. The van der Waals surface area contributed by atoms with Gasteiger partial charge in [0.15, 0.2) is 0 Å². The first kappa shape index (κ1) is 12.3. The van der Waals surface area contributed by atoms with Gasteiger partial charge in [0, 0.05) is 40.2 Å². The van der Waals surface area contributed by atoms with Crippen LogP contribution in [-0.4, -0.2) is 23.8 Å². The highest BCUT2D eigenvalue weighted by atomic mass is 79.9. The Labute approximate surface area is 109 Å². The quantitative estimate of drug-likeness (QED) is 0.852. The Balaban J connectivity index is 1.92. The highest BCUT2D eigenvalue weighted by molar-refractivity contribution is 9.10. The van der Waals surface area contributed by atoms with Crippen LogP contribution in [0.4, 0.5) is 0 Å². The normalized spacial score (nSPS) is 21.7. The van der Waals surface area contributed by atoms with E-state index in [1.54, 1.807) is 11.3 Å². The van der Waals surface area contributed by atoms with Crippen molar-refractivity contribution >= 4 is 33.0 Å². The van der Waals surface area contributed by atoms with Crippen LogP contribution in [0.25, 0.3) is 0 Å². The Morgan fingerprint density at radius 1 is 1.62 bits per heavy atom. The molecule has 0 radical (unpaired) electrons. The molecule has 1 heterocycles. The number of hydrogen-bond acceptors (Lipinski definition) is 3. The second kappa shape index (κ2) is 5.43. The first-order valence-electron chi connectivity index (χ1n) is 5.60. The van der Waals surface area contributed by atoms with Crippen LogP contribution in [0.1, 0.15) is 30.6 Å². The summed E-state index contributed by atoms with van der Waals surface area (Å²) in [4.78, 5) is 15.1. The Bertz CT molecular complexity index is 377. The average molecular weight is 302 g/mol. The Morgan fingerprint density at radius 2 is 2.44 bits per heavy atom. The zero-order valence-corrected chi connectivity index (χ0v) is 11.8. The first-order valence-corrected chi connectivity index (χ1v) is 7.27. The average Bonchev–Trinajstić information content (AvgIpc) is 2.64. The summed E-state index contributed by atoms with van der Waals surface area (Å²) in [5.41, 5.74) is 0. The molecule has 1 aromatic rings. The topological polar surface area (TPSA) is 20.3 Å². The van der Waals surface area contributed by atoms with Crippen LogP contribution in [0.3, 0.4) is 0 Å². The summed E-state index contributed by atoms with van der Waals surface area (Å²) in [6.45, 7) is 0.953. The molecule has 1 unspecified atom stereocenters. The molecule has 1 aliphatic rings. The maximum absolute atomic E-state index is 11.4. The number of carbonyl (C=O) groups is 1. The summed E-state index contributed by atoms with van der Waals surface area (Å²) in [6, 6.07) is 2.60. The lowest BCUT2D eigenvalue weighted by molar-refractivity contribution is -0.121. The summed E-state index contributed by atoms with van der Waals surface area (Å²) >= 11 is 5.23. The summed E-state index contributed by atoms with van der Waals surface area (Å²) in [6.07, 6.45) is 3.74. The highest BCUT2D eigenvalue weighted by Crippen LogP contribution is 2.24. The second-order valence-electron chi connectivity index (χ2n) is 4.44. The van der Waals surface area contributed by atoms with E-state index in [2.05, 4.69) is 39.3 Å². The van der Waals surface area contributed by atoms with Crippen molar-refractivity contribution in [2.24, 2.45) is 0 Å². The van der Waals surface area contributed by atoms with Crippen LogP contribution in [0.5, 0.6) is 0 Å². The van der Waals surface area contributed by atoms with Gasteiger partial charge in [0.25, 0.3) is 0 Å².